The van der Waals surface area contributed by atoms with Crippen LogP contribution in [0.15, 0.2) is 35.1 Å². The molecule has 2 N–H and O–H groups in total. The molecule has 7 heteroatoms. The molecule has 0 saturated carbocycles. The third-order valence-electron chi connectivity index (χ3n) is 3.51. The number of carbonyl (C=O) groups excluding carboxylic acids is 1. The van der Waals surface area contributed by atoms with Gasteiger partial charge >= 0.3 is 0 Å². The van der Waals surface area contributed by atoms with E-state index in [9.17, 15) is 4.79 Å². The lowest BCUT2D eigenvalue weighted by Crippen LogP contribution is -2.48. The van der Waals surface area contributed by atoms with E-state index in [2.05, 4.69) is 15.6 Å². The van der Waals surface area contributed by atoms with Gasteiger partial charge in [-0.3, -0.25) is 4.79 Å². The van der Waals surface area contributed by atoms with E-state index in [0.717, 1.165) is 24.2 Å². The molecule has 5 nitrogen and oxygen atoms in total. The van der Waals surface area contributed by atoms with E-state index in [0.29, 0.717) is 23.9 Å². The zero-order valence-corrected chi connectivity index (χ0v) is 13.8. The van der Waals surface area contributed by atoms with Gasteiger partial charge in [0.05, 0.1) is 0 Å². The first kappa shape index (κ1) is 18.5. The zero-order valence-electron chi connectivity index (χ0n) is 12.2. The van der Waals surface area contributed by atoms with Crippen LogP contribution in [0.4, 0.5) is 0 Å². The van der Waals surface area contributed by atoms with Gasteiger partial charge in [-0.05, 0) is 6.92 Å². The molecule has 0 atom stereocenters. The van der Waals surface area contributed by atoms with Crippen molar-refractivity contribution in [3.05, 3.63) is 41.9 Å². The SMILES string of the molecule is Cc1ccc(-c2ocnc2C(=O)NCC2CNC2)cc1.Cl.Cl. The molecular weight excluding hydrogens is 325 g/mol. The van der Waals surface area contributed by atoms with Crippen LogP contribution in [-0.2, 0) is 0 Å². The summed E-state index contributed by atoms with van der Waals surface area (Å²) in [5, 5.41) is 6.08. The smallest absolute Gasteiger partial charge is 0.273 e. The van der Waals surface area contributed by atoms with E-state index >= 15 is 0 Å². The summed E-state index contributed by atoms with van der Waals surface area (Å²) in [5.41, 5.74) is 2.38. The van der Waals surface area contributed by atoms with Crippen molar-refractivity contribution in [2.75, 3.05) is 19.6 Å². The summed E-state index contributed by atoms with van der Waals surface area (Å²) in [5.74, 6) is 0.865. The van der Waals surface area contributed by atoms with Gasteiger partial charge in [-0.25, -0.2) is 4.98 Å². The first-order valence-corrected chi connectivity index (χ1v) is 6.73. The molecule has 2 aromatic rings. The number of aryl methyl sites for hydroxylation is 1. The van der Waals surface area contributed by atoms with E-state index in [1.54, 1.807) is 0 Å². The molecule has 2 heterocycles. The third kappa shape index (κ3) is 4.00. The van der Waals surface area contributed by atoms with Gasteiger partial charge in [0.25, 0.3) is 5.91 Å². The summed E-state index contributed by atoms with van der Waals surface area (Å²) in [6, 6.07) is 7.84. The molecule has 0 radical (unpaired) electrons. The highest BCUT2D eigenvalue weighted by Crippen LogP contribution is 2.23. The first-order valence-electron chi connectivity index (χ1n) is 6.73. The van der Waals surface area contributed by atoms with E-state index in [4.69, 9.17) is 4.42 Å². The van der Waals surface area contributed by atoms with Gasteiger partial charge in [0.2, 0.25) is 0 Å². The molecule has 1 aliphatic rings. The van der Waals surface area contributed by atoms with Gasteiger partial charge in [-0.15, -0.1) is 24.8 Å². The summed E-state index contributed by atoms with van der Waals surface area (Å²) in [7, 11) is 0. The minimum absolute atomic E-state index is 0. The van der Waals surface area contributed by atoms with Crippen LogP contribution in [-0.4, -0.2) is 30.5 Å². The van der Waals surface area contributed by atoms with Crippen molar-refractivity contribution >= 4 is 30.7 Å². The number of hydrogen-bond donors (Lipinski definition) is 2. The van der Waals surface area contributed by atoms with Crippen LogP contribution in [0.1, 0.15) is 16.1 Å². The lowest BCUT2D eigenvalue weighted by molar-refractivity contribution is 0.0938. The molecule has 1 aromatic carbocycles. The molecule has 1 fully saturated rings. The predicted octanol–water partition coefficient (Wildman–Crippen LogP) is 2.44. The monoisotopic (exact) mass is 343 g/mol. The molecule has 0 unspecified atom stereocenters. The molecule has 0 aliphatic carbocycles. The summed E-state index contributed by atoms with van der Waals surface area (Å²) >= 11 is 0. The number of amides is 1. The quantitative estimate of drug-likeness (QED) is 0.894. The Bertz CT molecular complexity index is 610. The molecule has 120 valence electrons. The van der Waals surface area contributed by atoms with Crippen molar-refractivity contribution in [1.82, 2.24) is 15.6 Å². The second kappa shape index (κ2) is 8.17. The molecular formula is C15H19Cl2N3O2. The van der Waals surface area contributed by atoms with Crippen molar-refractivity contribution in [1.29, 1.82) is 0 Å². The fourth-order valence-corrected chi connectivity index (χ4v) is 2.13. The van der Waals surface area contributed by atoms with Crippen LogP contribution >= 0.6 is 24.8 Å². The number of rotatable bonds is 4. The van der Waals surface area contributed by atoms with E-state index in [1.807, 2.05) is 31.2 Å². The number of nitrogens with zero attached hydrogens (tertiary/aromatic N) is 1. The average Bonchev–Trinajstić information content (AvgIpc) is 2.87. The topological polar surface area (TPSA) is 67.2 Å². The number of nitrogens with one attached hydrogen (secondary N) is 2. The summed E-state index contributed by atoms with van der Waals surface area (Å²) < 4.78 is 5.37. The van der Waals surface area contributed by atoms with Crippen molar-refractivity contribution < 1.29 is 9.21 Å². The van der Waals surface area contributed by atoms with Crippen molar-refractivity contribution in [3.63, 3.8) is 0 Å². The summed E-state index contributed by atoms with van der Waals surface area (Å²) in [6.07, 6.45) is 1.31. The standard InChI is InChI=1S/C15H17N3O2.2ClH/c1-10-2-4-12(5-3-10)14-13(18-9-20-14)15(19)17-8-11-6-16-7-11;;/h2-5,9,11,16H,6-8H2,1H3,(H,17,19);2*1H. The van der Waals surface area contributed by atoms with Gasteiger partial charge in [-0.1, -0.05) is 29.8 Å². The zero-order chi connectivity index (χ0) is 13.9. The Morgan fingerprint density at radius 3 is 2.59 bits per heavy atom. The molecule has 3 rings (SSSR count). The summed E-state index contributed by atoms with van der Waals surface area (Å²) in [6.45, 7) is 4.62. The van der Waals surface area contributed by atoms with Crippen LogP contribution in [0.2, 0.25) is 0 Å². The van der Waals surface area contributed by atoms with Gasteiger partial charge in [0, 0.05) is 31.1 Å². The lowest BCUT2D eigenvalue weighted by Gasteiger charge is -2.26. The molecule has 0 bridgehead atoms. The average molecular weight is 344 g/mol. The summed E-state index contributed by atoms with van der Waals surface area (Å²) in [4.78, 5) is 16.2. The number of benzene rings is 1. The maximum atomic E-state index is 12.2. The van der Waals surface area contributed by atoms with E-state index < -0.39 is 0 Å². The lowest BCUT2D eigenvalue weighted by atomic mass is 10.0. The maximum absolute atomic E-state index is 12.2. The van der Waals surface area contributed by atoms with Crippen LogP contribution in [0, 0.1) is 12.8 Å². The van der Waals surface area contributed by atoms with Crippen LogP contribution in [0.25, 0.3) is 11.3 Å². The predicted molar refractivity (Wildman–Crippen MR) is 89.9 cm³/mol. The minimum atomic E-state index is -0.179. The normalized spacial score (nSPS) is 13.5. The van der Waals surface area contributed by atoms with Gasteiger partial charge in [-0.2, -0.15) is 0 Å². The second-order valence-corrected chi connectivity index (χ2v) is 5.13. The highest BCUT2D eigenvalue weighted by Gasteiger charge is 2.21. The Labute approximate surface area is 141 Å². The fourth-order valence-electron chi connectivity index (χ4n) is 2.13. The first-order chi connectivity index (χ1) is 9.74. The molecule has 1 aliphatic heterocycles. The number of hydrogen-bond acceptors (Lipinski definition) is 4. The number of halogens is 2. The second-order valence-electron chi connectivity index (χ2n) is 5.13. The number of carbonyl (C=O) groups is 1. The Hall–Kier alpha value is -1.56. The molecule has 0 spiro atoms. The highest BCUT2D eigenvalue weighted by molar-refractivity contribution is 5.97. The Morgan fingerprint density at radius 1 is 1.32 bits per heavy atom. The fraction of sp³-hybridized carbons (Fsp3) is 0.333. The number of oxazole rings is 1. The molecule has 1 saturated heterocycles. The Morgan fingerprint density at radius 2 is 2.00 bits per heavy atom. The van der Waals surface area contributed by atoms with Crippen molar-refractivity contribution in [3.8, 4) is 11.3 Å². The van der Waals surface area contributed by atoms with E-state index in [-0.39, 0.29) is 30.7 Å². The minimum Gasteiger partial charge on any atom is -0.443 e. The molecule has 1 amide bonds. The van der Waals surface area contributed by atoms with Gasteiger partial charge in [0.15, 0.2) is 17.8 Å². The van der Waals surface area contributed by atoms with Crippen LogP contribution in [0.5, 0.6) is 0 Å². The van der Waals surface area contributed by atoms with Crippen molar-refractivity contribution in [2.45, 2.75) is 6.92 Å². The molecule has 1 aromatic heterocycles. The van der Waals surface area contributed by atoms with Crippen LogP contribution < -0.4 is 10.6 Å². The number of aromatic nitrogens is 1. The maximum Gasteiger partial charge on any atom is 0.273 e. The largest absolute Gasteiger partial charge is 0.443 e. The van der Waals surface area contributed by atoms with Gasteiger partial charge < -0.3 is 15.1 Å². The highest BCUT2D eigenvalue weighted by atomic mass is 35.5. The molecule has 22 heavy (non-hydrogen) atoms. The Balaban J connectivity index is 0.00000121. The van der Waals surface area contributed by atoms with Crippen LogP contribution in [0.3, 0.4) is 0 Å². The third-order valence-corrected chi connectivity index (χ3v) is 3.51. The van der Waals surface area contributed by atoms with E-state index in [1.165, 1.54) is 6.39 Å². The Kier molecular flexibility index (Phi) is 6.87. The van der Waals surface area contributed by atoms with Gasteiger partial charge in [0.1, 0.15) is 0 Å². The van der Waals surface area contributed by atoms with Crippen molar-refractivity contribution in [2.24, 2.45) is 5.92 Å².